The van der Waals surface area contributed by atoms with Crippen LogP contribution in [-0.2, 0) is 14.8 Å². The molecule has 0 aliphatic carbocycles. The first-order valence-corrected chi connectivity index (χ1v) is 11.7. The summed E-state index contributed by atoms with van der Waals surface area (Å²) in [5.41, 5.74) is 2.14. The third kappa shape index (κ3) is 5.20. The Morgan fingerprint density at radius 2 is 1.43 bits per heavy atom. The molecule has 0 fully saturated rings. The Hall–Kier alpha value is -2.83. The van der Waals surface area contributed by atoms with E-state index in [1.807, 2.05) is 60.7 Å². The zero-order valence-electron chi connectivity index (χ0n) is 16.7. The number of carbonyl (C=O) groups excluding carboxylic acids is 1. The lowest BCUT2D eigenvalue weighted by atomic mass is 9.98. The van der Waals surface area contributed by atoms with E-state index in [1.54, 1.807) is 25.1 Å². The van der Waals surface area contributed by atoms with Crippen molar-refractivity contribution in [2.45, 2.75) is 19.0 Å². The van der Waals surface area contributed by atoms with E-state index >= 15 is 0 Å². The Morgan fingerprint density at radius 3 is 1.90 bits per heavy atom. The largest absolute Gasteiger partial charge is 0.343 e. The fourth-order valence-electron chi connectivity index (χ4n) is 3.33. The molecule has 0 bridgehead atoms. The maximum absolute atomic E-state index is 13.2. The highest BCUT2D eigenvalue weighted by Gasteiger charge is 2.31. The average Bonchev–Trinajstić information content (AvgIpc) is 2.72. The molecule has 1 amide bonds. The van der Waals surface area contributed by atoms with Crippen LogP contribution in [0.5, 0.6) is 0 Å². The standard InChI is InChI=1S/C23H23ClN2O3S/c1-17(26(30(2,28)29)21-15-9-14-20(24)16-21)23(27)25-22(18-10-5-3-6-11-18)19-12-7-4-8-13-19/h3-17,22H,1-2H3,(H,25,27)/t17-/m1/s1. The predicted molar refractivity (Wildman–Crippen MR) is 121 cm³/mol. The van der Waals surface area contributed by atoms with Crippen LogP contribution < -0.4 is 9.62 Å². The summed E-state index contributed by atoms with van der Waals surface area (Å²) in [5.74, 6) is -0.418. The second-order valence-electron chi connectivity index (χ2n) is 6.98. The summed E-state index contributed by atoms with van der Waals surface area (Å²) in [6, 6.07) is 24.1. The quantitative estimate of drug-likeness (QED) is 0.589. The number of nitrogens with one attached hydrogen (secondary N) is 1. The zero-order valence-corrected chi connectivity index (χ0v) is 18.3. The number of hydrogen-bond donors (Lipinski definition) is 1. The van der Waals surface area contributed by atoms with Gasteiger partial charge in [-0.3, -0.25) is 9.10 Å². The molecule has 0 saturated carbocycles. The number of sulfonamides is 1. The minimum atomic E-state index is -3.73. The lowest BCUT2D eigenvalue weighted by Gasteiger charge is -2.30. The van der Waals surface area contributed by atoms with Gasteiger partial charge in [-0.05, 0) is 36.2 Å². The number of nitrogens with zero attached hydrogens (tertiary/aromatic N) is 1. The van der Waals surface area contributed by atoms with E-state index in [0.29, 0.717) is 10.7 Å². The molecule has 0 aromatic heterocycles. The van der Waals surface area contributed by atoms with Crippen molar-refractivity contribution in [1.29, 1.82) is 0 Å². The first-order valence-electron chi connectivity index (χ1n) is 9.42. The lowest BCUT2D eigenvalue weighted by Crippen LogP contribution is -2.48. The van der Waals surface area contributed by atoms with E-state index in [2.05, 4.69) is 5.32 Å². The minimum absolute atomic E-state index is 0.337. The van der Waals surface area contributed by atoms with E-state index in [1.165, 1.54) is 6.07 Å². The van der Waals surface area contributed by atoms with Crippen LogP contribution in [0.2, 0.25) is 5.02 Å². The first kappa shape index (κ1) is 21.9. The van der Waals surface area contributed by atoms with Gasteiger partial charge >= 0.3 is 0 Å². The van der Waals surface area contributed by atoms with Crippen LogP contribution in [0.4, 0.5) is 5.69 Å². The molecule has 7 heteroatoms. The first-order chi connectivity index (χ1) is 14.3. The highest BCUT2D eigenvalue weighted by Crippen LogP contribution is 2.26. The van der Waals surface area contributed by atoms with Crippen LogP contribution in [0, 0.1) is 0 Å². The van der Waals surface area contributed by atoms with Crippen LogP contribution in [-0.4, -0.2) is 26.6 Å². The summed E-state index contributed by atoms with van der Waals surface area (Å²) >= 11 is 6.05. The van der Waals surface area contributed by atoms with Crippen LogP contribution in [0.1, 0.15) is 24.1 Å². The fraction of sp³-hybridized carbons (Fsp3) is 0.174. The Balaban J connectivity index is 1.94. The van der Waals surface area contributed by atoms with E-state index in [-0.39, 0.29) is 0 Å². The van der Waals surface area contributed by atoms with Gasteiger partial charge in [-0.25, -0.2) is 8.42 Å². The van der Waals surface area contributed by atoms with Crippen LogP contribution >= 0.6 is 11.6 Å². The van der Waals surface area contributed by atoms with Crippen LogP contribution in [0.3, 0.4) is 0 Å². The molecule has 0 aliphatic heterocycles. The minimum Gasteiger partial charge on any atom is -0.343 e. The Morgan fingerprint density at radius 1 is 0.900 bits per heavy atom. The Labute approximate surface area is 182 Å². The molecule has 0 aliphatic rings. The third-order valence-electron chi connectivity index (χ3n) is 4.70. The highest BCUT2D eigenvalue weighted by molar-refractivity contribution is 7.92. The fourth-order valence-corrected chi connectivity index (χ4v) is 4.69. The van der Waals surface area contributed by atoms with Gasteiger partial charge in [-0.1, -0.05) is 78.3 Å². The molecular formula is C23H23ClN2O3S. The Kier molecular flexibility index (Phi) is 6.80. The van der Waals surface area contributed by atoms with Crippen molar-refractivity contribution in [2.24, 2.45) is 0 Å². The van der Waals surface area contributed by atoms with Gasteiger partial charge < -0.3 is 5.32 Å². The lowest BCUT2D eigenvalue weighted by molar-refractivity contribution is -0.122. The summed E-state index contributed by atoms with van der Waals surface area (Å²) in [5, 5.41) is 3.40. The van der Waals surface area contributed by atoms with Crippen molar-refractivity contribution in [3.05, 3.63) is 101 Å². The van der Waals surface area contributed by atoms with Crippen molar-refractivity contribution in [3.8, 4) is 0 Å². The van der Waals surface area contributed by atoms with Gasteiger partial charge in [0.05, 0.1) is 18.0 Å². The monoisotopic (exact) mass is 442 g/mol. The summed E-state index contributed by atoms with van der Waals surface area (Å²) < 4.78 is 26.1. The number of hydrogen-bond acceptors (Lipinski definition) is 3. The summed E-state index contributed by atoms with van der Waals surface area (Å²) in [7, 11) is -3.73. The van der Waals surface area contributed by atoms with E-state index < -0.39 is 28.0 Å². The van der Waals surface area contributed by atoms with Gasteiger partial charge in [0.2, 0.25) is 15.9 Å². The van der Waals surface area contributed by atoms with Gasteiger partial charge in [0, 0.05) is 5.02 Å². The molecule has 3 aromatic rings. The number of benzene rings is 3. The van der Waals surface area contributed by atoms with Crippen LogP contribution in [0.15, 0.2) is 84.9 Å². The third-order valence-corrected chi connectivity index (χ3v) is 6.18. The number of amides is 1. The van der Waals surface area contributed by atoms with E-state index in [4.69, 9.17) is 11.6 Å². The van der Waals surface area contributed by atoms with Gasteiger partial charge in [-0.15, -0.1) is 0 Å². The summed E-state index contributed by atoms with van der Waals surface area (Å²) in [6.07, 6.45) is 1.07. The summed E-state index contributed by atoms with van der Waals surface area (Å²) in [4.78, 5) is 13.2. The molecule has 1 N–H and O–H groups in total. The number of anilines is 1. The number of carbonyl (C=O) groups is 1. The molecule has 30 heavy (non-hydrogen) atoms. The molecule has 0 unspecified atom stereocenters. The topological polar surface area (TPSA) is 66.5 Å². The molecule has 5 nitrogen and oxygen atoms in total. The predicted octanol–water partition coefficient (Wildman–Crippen LogP) is 4.40. The van der Waals surface area contributed by atoms with Gasteiger partial charge in [0.1, 0.15) is 6.04 Å². The number of halogens is 1. The van der Waals surface area contributed by atoms with Crippen molar-refractivity contribution in [2.75, 3.05) is 10.6 Å². The maximum Gasteiger partial charge on any atom is 0.244 e. The second kappa shape index (κ2) is 9.32. The molecule has 0 saturated heterocycles. The molecule has 156 valence electrons. The maximum atomic E-state index is 13.2. The van der Waals surface area contributed by atoms with Gasteiger partial charge in [0.15, 0.2) is 0 Å². The normalized spacial score (nSPS) is 12.4. The highest BCUT2D eigenvalue weighted by atomic mass is 35.5. The van der Waals surface area contributed by atoms with E-state index in [9.17, 15) is 13.2 Å². The van der Waals surface area contributed by atoms with Crippen molar-refractivity contribution in [1.82, 2.24) is 5.32 Å². The molecule has 0 spiro atoms. The molecule has 0 radical (unpaired) electrons. The van der Waals surface area contributed by atoms with Crippen molar-refractivity contribution in [3.63, 3.8) is 0 Å². The van der Waals surface area contributed by atoms with Crippen molar-refractivity contribution < 1.29 is 13.2 Å². The van der Waals surface area contributed by atoms with Crippen molar-refractivity contribution >= 4 is 33.2 Å². The smallest absolute Gasteiger partial charge is 0.244 e. The second-order valence-corrected chi connectivity index (χ2v) is 9.27. The molecule has 0 heterocycles. The van der Waals surface area contributed by atoms with Gasteiger partial charge in [0.25, 0.3) is 0 Å². The molecular weight excluding hydrogens is 420 g/mol. The molecule has 3 aromatic carbocycles. The summed E-state index contributed by atoms with van der Waals surface area (Å²) in [6.45, 7) is 1.56. The molecule has 3 rings (SSSR count). The van der Waals surface area contributed by atoms with Gasteiger partial charge in [-0.2, -0.15) is 0 Å². The molecule has 1 atom stereocenters. The zero-order chi connectivity index (χ0) is 21.7. The average molecular weight is 443 g/mol. The number of rotatable bonds is 7. The van der Waals surface area contributed by atoms with E-state index in [0.717, 1.165) is 21.7 Å². The van der Waals surface area contributed by atoms with Crippen LogP contribution in [0.25, 0.3) is 0 Å². The SMILES string of the molecule is C[C@H](C(=O)NC(c1ccccc1)c1ccccc1)N(c1cccc(Cl)c1)S(C)(=O)=O. The Bertz CT molecular complexity index is 1070.